The van der Waals surface area contributed by atoms with Crippen molar-refractivity contribution in [3.63, 3.8) is 0 Å². The first-order valence-electron chi connectivity index (χ1n) is 8.78. The van der Waals surface area contributed by atoms with E-state index in [1.807, 2.05) is 0 Å². The predicted octanol–water partition coefficient (Wildman–Crippen LogP) is 3.65. The van der Waals surface area contributed by atoms with E-state index in [1.54, 1.807) is 0 Å². The smallest absolute Gasteiger partial charge is 0.0447 e. The third-order valence-electron chi connectivity index (χ3n) is 6.60. The predicted molar refractivity (Wildman–Crippen MR) is 89.3 cm³/mol. The minimum Gasteiger partial charge on any atom is -0.329 e. The summed E-state index contributed by atoms with van der Waals surface area (Å²) in [6.07, 6.45) is 13.0. The largest absolute Gasteiger partial charge is 0.329 e. The maximum atomic E-state index is 6.27. The van der Waals surface area contributed by atoms with Crippen molar-refractivity contribution in [1.82, 2.24) is 4.90 Å². The van der Waals surface area contributed by atoms with Crippen LogP contribution in [-0.2, 0) is 0 Å². The standard InChI is InChI=1S/C17H32N2S/c1-15-17(14-18,8-5-13-20-15)19-11-9-16(10-12-19)6-3-2-4-7-16/h15H,2-14,18H2,1H3. The molecule has 0 amide bonds. The van der Waals surface area contributed by atoms with Gasteiger partial charge in [0.05, 0.1) is 0 Å². The fourth-order valence-corrected chi connectivity index (χ4v) is 6.38. The van der Waals surface area contributed by atoms with Crippen LogP contribution in [-0.4, -0.2) is 41.1 Å². The summed E-state index contributed by atoms with van der Waals surface area (Å²) in [4.78, 5) is 2.80. The Bertz CT molecular complexity index is 317. The van der Waals surface area contributed by atoms with E-state index in [2.05, 4.69) is 23.6 Å². The van der Waals surface area contributed by atoms with E-state index in [-0.39, 0.29) is 0 Å². The molecule has 2 atom stereocenters. The molecular weight excluding hydrogens is 264 g/mol. The molecule has 2 aliphatic heterocycles. The number of nitrogens with zero attached hydrogens (tertiary/aromatic N) is 1. The average Bonchev–Trinajstić information content (AvgIpc) is 2.50. The molecule has 3 aliphatic rings. The molecule has 2 N–H and O–H groups in total. The Balaban J connectivity index is 1.66. The van der Waals surface area contributed by atoms with Crippen molar-refractivity contribution in [3.05, 3.63) is 0 Å². The fourth-order valence-electron chi connectivity index (χ4n) is 5.04. The molecule has 1 spiro atoms. The van der Waals surface area contributed by atoms with Crippen LogP contribution in [0.15, 0.2) is 0 Å². The van der Waals surface area contributed by atoms with Crippen LogP contribution in [0.25, 0.3) is 0 Å². The van der Waals surface area contributed by atoms with Gasteiger partial charge >= 0.3 is 0 Å². The molecule has 0 aromatic rings. The molecule has 0 radical (unpaired) electrons. The monoisotopic (exact) mass is 296 g/mol. The maximum absolute atomic E-state index is 6.27. The molecule has 1 aliphatic carbocycles. The lowest BCUT2D eigenvalue weighted by molar-refractivity contribution is -0.00122. The van der Waals surface area contributed by atoms with Crippen LogP contribution in [0.5, 0.6) is 0 Å². The zero-order valence-electron chi connectivity index (χ0n) is 13.2. The molecule has 2 nitrogen and oxygen atoms in total. The van der Waals surface area contributed by atoms with Gasteiger partial charge in [-0.15, -0.1) is 0 Å². The number of likely N-dealkylation sites (tertiary alicyclic amines) is 1. The summed E-state index contributed by atoms with van der Waals surface area (Å²) >= 11 is 2.15. The van der Waals surface area contributed by atoms with Gasteiger partial charge in [-0.25, -0.2) is 0 Å². The molecule has 2 heterocycles. The Morgan fingerprint density at radius 2 is 1.70 bits per heavy atom. The lowest BCUT2D eigenvalue weighted by Gasteiger charge is -2.54. The minimum atomic E-state index is 0.305. The molecule has 2 unspecified atom stereocenters. The summed E-state index contributed by atoms with van der Waals surface area (Å²) < 4.78 is 0. The SMILES string of the molecule is CC1SCCCC1(CN)N1CCC2(CCCCC2)CC1. The van der Waals surface area contributed by atoms with Gasteiger partial charge in [0.1, 0.15) is 0 Å². The molecule has 0 bridgehead atoms. The van der Waals surface area contributed by atoms with E-state index >= 15 is 0 Å². The first-order valence-corrected chi connectivity index (χ1v) is 9.82. The number of rotatable bonds is 2. The average molecular weight is 297 g/mol. The Morgan fingerprint density at radius 3 is 2.30 bits per heavy atom. The van der Waals surface area contributed by atoms with Crippen LogP contribution < -0.4 is 5.73 Å². The first-order chi connectivity index (χ1) is 9.71. The summed E-state index contributed by atoms with van der Waals surface area (Å²) in [5.74, 6) is 1.33. The maximum Gasteiger partial charge on any atom is 0.0447 e. The van der Waals surface area contributed by atoms with Crippen molar-refractivity contribution in [3.8, 4) is 0 Å². The Kier molecular flexibility index (Phi) is 4.69. The molecule has 3 rings (SSSR count). The van der Waals surface area contributed by atoms with Crippen molar-refractivity contribution in [2.45, 2.75) is 75.5 Å². The van der Waals surface area contributed by atoms with Gasteiger partial charge in [0.2, 0.25) is 0 Å². The van der Waals surface area contributed by atoms with Gasteiger partial charge in [-0.05, 0) is 62.8 Å². The van der Waals surface area contributed by atoms with E-state index < -0.39 is 0 Å². The molecule has 0 aromatic carbocycles. The molecule has 3 heteroatoms. The van der Waals surface area contributed by atoms with Gasteiger partial charge in [0.25, 0.3) is 0 Å². The van der Waals surface area contributed by atoms with Gasteiger partial charge in [-0.1, -0.05) is 26.2 Å². The van der Waals surface area contributed by atoms with Crippen LogP contribution in [0.2, 0.25) is 0 Å². The quantitative estimate of drug-likeness (QED) is 0.843. The number of thioether (sulfide) groups is 1. The van der Waals surface area contributed by atoms with E-state index in [4.69, 9.17) is 5.73 Å². The summed E-state index contributed by atoms with van der Waals surface area (Å²) in [5.41, 5.74) is 7.30. The van der Waals surface area contributed by atoms with E-state index in [0.717, 1.165) is 12.0 Å². The molecule has 3 fully saturated rings. The topological polar surface area (TPSA) is 29.3 Å². The van der Waals surface area contributed by atoms with E-state index in [1.165, 1.54) is 76.6 Å². The Hall–Kier alpha value is 0.270. The first kappa shape index (κ1) is 15.2. The zero-order chi connectivity index (χ0) is 14.1. The number of piperidine rings is 1. The Morgan fingerprint density at radius 1 is 1.00 bits per heavy atom. The second-order valence-corrected chi connectivity index (χ2v) is 8.92. The normalized spacial score (nSPS) is 39.0. The van der Waals surface area contributed by atoms with Crippen molar-refractivity contribution in [1.29, 1.82) is 0 Å². The van der Waals surface area contributed by atoms with E-state index in [9.17, 15) is 0 Å². The van der Waals surface area contributed by atoms with Crippen LogP contribution in [0.3, 0.4) is 0 Å². The van der Waals surface area contributed by atoms with Crippen LogP contribution in [0.4, 0.5) is 0 Å². The van der Waals surface area contributed by atoms with Gasteiger partial charge in [0.15, 0.2) is 0 Å². The zero-order valence-corrected chi connectivity index (χ0v) is 14.0. The molecule has 2 saturated heterocycles. The molecule has 1 saturated carbocycles. The summed E-state index contributed by atoms with van der Waals surface area (Å²) in [5, 5.41) is 0.710. The second-order valence-electron chi connectivity index (χ2n) is 7.47. The lowest BCUT2D eigenvalue weighted by atomic mass is 9.67. The highest BCUT2D eigenvalue weighted by molar-refractivity contribution is 8.00. The van der Waals surface area contributed by atoms with E-state index in [0.29, 0.717) is 10.8 Å². The minimum absolute atomic E-state index is 0.305. The number of hydrogen-bond acceptors (Lipinski definition) is 3. The highest BCUT2D eigenvalue weighted by atomic mass is 32.2. The van der Waals surface area contributed by atoms with Crippen molar-refractivity contribution >= 4 is 11.8 Å². The van der Waals surface area contributed by atoms with Gasteiger partial charge in [0, 0.05) is 17.3 Å². The molecule has 116 valence electrons. The van der Waals surface area contributed by atoms with Crippen LogP contribution >= 0.6 is 11.8 Å². The van der Waals surface area contributed by atoms with Gasteiger partial charge < -0.3 is 5.73 Å². The highest BCUT2D eigenvalue weighted by Crippen LogP contribution is 2.47. The van der Waals surface area contributed by atoms with Crippen molar-refractivity contribution in [2.24, 2.45) is 11.1 Å². The molecular formula is C17H32N2S. The molecule has 0 aromatic heterocycles. The third-order valence-corrected chi connectivity index (χ3v) is 8.06. The van der Waals surface area contributed by atoms with Crippen molar-refractivity contribution in [2.75, 3.05) is 25.4 Å². The summed E-state index contributed by atoms with van der Waals surface area (Å²) in [6.45, 7) is 5.89. The molecule has 20 heavy (non-hydrogen) atoms. The van der Waals surface area contributed by atoms with Crippen LogP contribution in [0, 0.1) is 5.41 Å². The highest BCUT2D eigenvalue weighted by Gasteiger charge is 2.46. The number of hydrogen-bond donors (Lipinski definition) is 1. The number of nitrogens with two attached hydrogens (primary N) is 1. The lowest BCUT2D eigenvalue weighted by Crippen LogP contribution is -2.63. The van der Waals surface area contributed by atoms with Crippen molar-refractivity contribution < 1.29 is 0 Å². The van der Waals surface area contributed by atoms with Crippen LogP contribution in [0.1, 0.15) is 64.7 Å². The summed E-state index contributed by atoms with van der Waals surface area (Å²) in [7, 11) is 0. The fraction of sp³-hybridized carbons (Fsp3) is 1.00. The van der Waals surface area contributed by atoms with Gasteiger partial charge in [-0.2, -0.15) is 11.8 Å². The third kappa shape index (κ3) is 2.66. The second kappa shape index (κ2) is 6.18. The Labute approximate surface area is 129 Å². The summed E-state index contributed by atoms with van der Waals surface area (Å²) in [6, 6.07) is 0. The van der Waals surface area contributed by atoms with Gasteiger partial charge in [-0.3, -0.25) is 4.90 Å².